The number of aromatic nitrogens is 2. The van der Waals surface area contributed by atoms with Gasteiger partial charge in [0.25, 0.3) is 0 Å². The molecule has 0 atom stereocenters. The highest BCUT2D eigenvalue weighted by Gasteiger charge is 2.18. The van der Waals surface area contributed by atoms with Crippen molar-refractivity contribution in [3.63, 3.8) is 0 Å². The van der Waals surface area contributed by atoms with E-state index in [4.69, 9.17) is 19.3 Å². The summed E-state index contributed by atoms with van der Waals surface area (Å²) in [6.45, 7) is 0.294. The van der Waals surface area contributed by atoms with Crippen molar-refractivity contribution in [1.82, 2.24) is 9.97 Å². The number of hydrogen-bond acceptors (Lipinski definition) is 5. The summed E-state index contributed by atoms with van der Waals surface area (Å²) in [6, 6.07) is 11.2. The number of nitrogens with zero attached hydrogens (tertiary/aromatic N) is 1. The second-order valence-corrected chi connectivity index (χ2v) is 5.65. The maximum atomic E-state index is 10.6. The number of carboxylic acid groups (broad SMARTS) is 1. The number of rotatable bonds is 8. The first-order chi connectivity index (χ1) is 12.6. The van der Waals surface area contributed by atoms with E-state index >= 15 is 0 Å². The zero-order chi connectivity index (χ0) is 18.5. The Bertz CT molecular complexity index is 861. The molecule has 0 saturated heterocycles. The number of hydrogen-bond donors (Lipinski definition) is 2. The summed E-state index contributed by atoms with van der Waals surface area (Å²) >= 11 is 0. The summed E-state index contributed by atoms with van der Waals surface area (Å²) in [5, 5.41) is 8.69. The molecule has 0 fully saturated rings. The number of benzene rings is 2. The number of imidazole rings is 1. The van der Waals surface area contributed by atoms with E-state index in [0.717, 1.165) is 11.0 Å². The fraction of sp³-hybridized carbons (Fsp3) is 0.263. The monoisotopic (exact) mass is 356 g/mol. The first kappa shape index (κ1) is 17.6. The third-order valence-electron chi connectivity index (χ3n) is 3.91. The van der Waals surface area contributed by atoms with Crippen LogP contribution in [0.25, 0.3) is 22.4 Å². The molecular weight excluding hydrogens is 336 g/mol. The zero-order valence-electron chi connectivity index (χ0n) is 14.6. The molecule has 2 N–H and O–H groups in total. The van der Waals surface area contributed by atoms with Crippen molar-refractivity contribution in [1.29, 1.82) is 0 Å². The Morgan fingerprint density at radius 2 is 1.85 bits per heavy atom. The van der Waals surface area contributed by atoms with E-state index in [9.17, 15) is 4.79 Å². The molecule has 26 heavy (non-hydrogen) atoms. The van der Waals surface area contributed by atoms with Crippen LogP contribution in [0, 0.1) is 0 Å². The third kappa shape index (κ3) is 3.72. The maximum Gasteiger partial charge on any atom is 0.303 e. The van der Waals surface area contributed by atoms with Gasteiger partial charge in [-0.3, -0.25) is 4.79 Å². The van der Waals surface area contributed by atoms with Crippen LogP contribution in [0.2, 0.25) is 0 Å². The van der Waals surface area contributed by atoms with E-state index in [2.05, 4.69) is 9.97 Å². The van der Waals surface area contributed by atoms with E-state index in [0.29, 0.717) is 41.7 Å². The van der Waals surface area contributed by atoms with Gasteiger partial charge in [0.2, 0.25) is 0 Å². The summed E-state index contributed by atoms with van der Waals surface area (Å²) in [6.07, 6.45) is 0.483. The molecule has 0 aliphatic carbocycles. The molecule has 0 bridgehead atoms. The summed E-state index contributed by atoms with van der Waals surface area (Å²) < 4.78 is 16.7. The number of nitrogens with one attached hydrogen (secondary N) is 1. The highest BCUT2D eigenvalue weighted by Crippen LogP contribution is 2.41. The van der Waals surface area contributed by atoms with Crippen LogP contribution in [0.5, 0.6) is 17.2 Å². The summed E-state index contributed by atoms with van der Waals surface area (Å²) in [4.78, 5) is 18.5. The molecule has 7 nitrogen and oxygen atoms in total. The smallest absolute Gasteiger partial charge is 0.303 e. The van der Waals surface area contributed by atoms with Crippen LogP contribution < -0.4 is 14.2 Å². The highest BCUT2D eigenvalue weighted by atomic mass is 16.5. The molecule has 136 valence electrons. The van der Waals surface area contributed by atoms with E-state index in [1.165, 1.54) is 0 Å². The molecule has 3 rings (SSSR count). The standard InChI is InChI=1S/C19H20N2O5/c1-24-15-10-12(26-9-5-8-17(22)23)11-16(25-2)18(15)19-20-13-6-3-4-7-14(13)21-19/h3-4,6-7,10-11H,5,8-9H2,1-2H3,(H,20,21)(H,22,23). The van der Waals surface area contributed by atoms with Gasteiger partial charge in [-0.1, -0.05) is 12.1 Å². The summed E-state index contributed by atoms with van der Waals surface area (Å²) in [5.41, 5.74) is 2.46. The van der Waals surface area contributed by atoms with Gasteiger partial charge >= 0.3 is 5.97 Å². The molecule has 0 aliphatic rings. The minimum absolute atomic E-state index is 0.0609. The zero-order valence-corrected chi connectivity index (χ0v) is 14.6. The second-order valence-electron chi connectivity index (χ2n) is 5.65. The molecule has 0 saturated carbocycles. The predicted octanol–water partition coefficient (Wildman–Crippen LogP) is 3.49. The number of H-pyrrole nitrogens is 1. The Labute approximate surface area is 150 Å². The second kappa shape index (κ2) is 7.77. The lowest BCUT2D eigenvalue weighted by Gasteiger charge is -2.14. The number of ether oxygens (including phenoxy) is 3. The number of methoxy groups -OCH3 is 2. The number of aliphatic carboxylic acids is 1. The number of carbonyl (C=O) groups is 1. The molecule has 0 amide bonds. The lowest BCUT2D eigenvalue weighted by molar-refractivity contribution is -0.137. The van der Waals surface area contributed by atoms with E-state index < -0.39 is 5.97 Å². The minimum atomic E-state index is -0.844. The van der Waals surface area contributed by atoms with Crippen molar-refractivity contribution < 1.29 is 24.1 Å². The molecule has 7 heteroatoms. The van der Waals surface area contributed by atoms with Gasteiger partial charge in [0, 0.05) is 18.6 Å². The molecule has 0 aliphatic heterocycles. The predicted molar refractivity (Wildman–Crippen MR) is 97.0 cm³/mol. The molecular formula is C19H20N2O5. The third-order valence-corrected chi connectivity index (χ3v) is 3.91. The Morgan fingerprint density at radius 3 is 2.46 bits per heavy atom. The van der Waals surface area contributed by atoms with E-state index in [1.54, 1.807) is 26.4 Å². The van der Waals surface area contributed by atoms with Crippen LogP contribution in [-0.4, -0.2) is 41.9 Å². The Balaban J connectivity index is 1.93. The van der Waals surface area contributed by atoms with Gasteiger partial charge in [-0.2, -0.15) is 0 Å². The van der Waals surface area contributed by atoms with Crippen LogP contribution in [0.4, 0.5) is 0 Å². The lowest BCUT2D eigenvalue weighted by atomic mass is 10.1. The van der Waals surface area contributed by atoms with Crippen molar-refractivity contribution in [2.45, 2.75) is 12.8 Å². The van der Waals surface area contributed by atoms with E-state index in [1.807, 2.05) is 24.3 Å². The summed E-state index contributed by atoms with van der Waals surface area (Å²) in [7, 11) is 3.13. The topological polar surface area (TPSA) is 93.7 Å². The number of para-hydroxylation sites is 2. The molecule has 0 unspecified atom stereocenters. The lowest BCUT2D eigenvalue weighted by Crippen LogP contribution is -2.03. The number of fused-ring (bicyclic) bond motifs is 1. The van der Waals surface area contributed by atoms with Crippen LogP contribution in [0.1, 0.15) is 12.8 Å². The highest BCUT2D eigenvalue weighted by molar-refractivity contribution is 5.83. The number of aromatic amines is 1. The van der Waals surface area contributed by atoms with Crippen LogP contribution in [0.3, 0.4) is 0 Å². The first-order valence-corrected chi connectivity index (χ1v) is 8.18. The van der Waals surface area contributed by atoms with Crippen LogP contribution >= 0.6 is 0 Å². The van der Waals surface area contributed by atoms with Crippen molar-refractivity contribution in [2.24, 2.45) is 0 Å². The maximum absolute atomic E-state index is 10.6. The Hall–Kier alpha value is -3.22. The van der Waals surface area contributed by atoms with Crippen LogP contribution in [0.15, 0.2) is 36.4 Å². The Kier molecular flexibility index (Phi) is 5.26. The summed E-state index contributed by atoms with van der Waals surface area (Å²) in [5.74, 6) is 1.44. The minimum Gasteiger partial charge on any atom is -0.496 e. The largest absolute Gasteiger partial charge is 0.496 e. The van der Waals surface area contributed by atoms with Crippen LogP contribution in [-0.2, 0) is 4.79 Å². The van der Waals surface area contributed by atoms with Gasteiger partial charge in [-0.15, -0.1) is 0 Å². The van der Waals surface area contributed by atoms with Crippen molar-refractivity contribution in [3.05, 3.63) is 36.4 Å². The van der Waals surface area contributed by atoms with Gasteiger partial charge < -0.3 is 24.3 Å². The normalized spacial score (nSPS) is 10.7. The fourth-order valence-electron chi connectivity index (χ4n) is 2.69. The van der Waals surface area contributed by atoms with Gasteiger partial charge in [0.05, 0.1) is 31.9 Å². The molecule has 0 radical (unpaired) electrons. The van der Waals surface area contributed by atoms with E-state index in [-0.39, 0.29) is 6.42 Å². The Morgan fingerprint density at radius 1 is 1.15 bits per heavy atom. The first-order valence-electron chi connectivity index (χ1n) is 8.18. The van der Waals surface area contributed by atoms with Gasteiger partial charge in [-0.25, -0.2) is 4.98 Å². The fourth-order valence-corrected chi connectivity index (χ4v) is 2.69. The van der Waals surface area contributed by atoms with Crippen molar-refractivity contribution in [2.75, 3.05) is 20.8 Å². The average molecular weight is 356 g/mol. The number of carboxylic acids is 1. The molecule has 3 aromatic rings. The van der Waals surface area contributed by atoms with Gasteiger partial charge in [-0.05, 0) is 18.6 Å². The average Bonchev–Trinajstić information content (AvgIpc) is 3.07. The van der Waals surface area contributed by atoms with Gasteiger partial charge in [0.1, 0.15) is 28.6 Å². The molecule has 0 spiro atoms. The molecule has 2 aromatic carbocycles. The van der Waals surface area contributed by atoms with Crippen molar-refractivity contribution in [3.8, 4) is 28.6 Å². The molecule has 1 aromatic heterocycles. The van der Waals surface area contributed by atoms with Gasteiger partial charge in [0.15, 0.2) is 0 Å². The SMILES string of the molecule is COc1cc(OCCCC(=O)O)cc(OC)c1-c1nc2ccccc2[nH]1. The van der Waals surface area contributed by atoms with Crippen molar-refractivity contribution >= 4 is 17.0 Å². The molecule has 1 heterocycles. The quantitative estimate of drug-likeness (QED) is 0.600.